The molecule has 0 fully saturated rings. The zero-order valence-corrected chi connectivity index (χ0v) is 16.4. The summed E-state index contributed by atoms with van der Waals surface area (Å²) in [6.07, 6.45) is 1.43. The minimum atomic E-state index is -0.824. The largest absolute Gasteiger partial charge is 0.454 e. The number of fused-ring (bicyclic) bond motifs is 1. The lowest BCUT2D eigenvalue weighted by Crippen LogP contribution is -2.23. The van der Waals surface area contributed by atoms with Crippen LogP contribution in [0, 0.1) is 6.92 Å². The predicted molar refractivity (Wildman–Crippen MR) is 105 cm³/mol. The van der Waals surface area contributed by atoms with Gasteiger partial charge in [-0.3, -0.25) is 9.59 Å². The van der Waals surface area contributed by atoms with E-state index in [1.165, 1.54) is 6.20 Å². The number of ether oxygens (including phenoxy) is 1. The SMILES string of the molecule is CCn1cc(C(=O)OCC(=O)c2ccc(Br)cc2)c(=O)c2ccc(C)nc21. The molecule has 0 radical (unpaired) electrons. The Morgan fingerprint density at radius 2 is 1.85 bits per heavy atom. The molecule has 0 amide bonds. The Morgan fingerprint density at radius 1 is 1.15 bits per heavy atom. The highest BCUT2D eigenvalue weighted by atomic mass is 79.9. The number of pyridine rings is 2. The number of esters is 1. The molecule has 2 heterocycles. The van der Waals surface area contributed by atoms with Crippen LogP contribution in [0.5, 0.6) is 0 Å². The van der Waals surface area contributed by atoms with E-state index in [4.69, 9.17) is 4.74 Å². The van der Waals surface area contributed by atoms with Crippen molar-refractivity contribution < 1.29 is 14.3 Å². The van der Waals surface area contributed by atoms with Crippen molar-refractivity contribution >= 4 is 38.7 Å². The van der Waals surface area contributed by atoms with Crippen molar-refractivity contribution in [3.63, 3.8) is 0 Å². The summed E-state index contributed by atoms with van der Waals surface area (Å²) in [6.45, 7) is 3.82. The number of halogens is 1. The summed E-state index contributed by atoms with van der Waals surface area (Å²) in [6, 6.07) is 10.1. The van der Waals surface area contributed by atoms with Crippen LogP contribution in [0.1, 0.15) is 33.3 Å². The number of aryl methyl sites for hydroxylation is 2. The zero-order valence-electron chi connectivity index (χ0n) is 14.9. The zero-order chi connectivity index (χ0) is 19.6. The maximum Gasteiger partial charge on any atom is 0.344 e. The molecule has 2 aromatic heterocycles. The van der Waals surface area contributed by atoms with Crippen molar-refractivity contribution in [2.45, 2.75) is 20.4 Å². The van der Waals surface area contributed by atoms with Crippen molar-refractivity contribution in [1.82, 2.24) is 9.55 Å². The van der Waals surface area contributed by atoms with Gasteiger partial charge in [-0.2, -0.15) is 0 Å². The van der Waals surface area contributed by atoms with E-state index in [-0.39, 0.29) is 11.3 Å². The van der Waals surface area contributed by atoms with Crippen LogP contribution >= 0.6 is 15.9 Å². The molecule has 0 atom stereocenters. The standard InChI is InChI=1S/C20H17BrN2O4/c1-3-23-10-16(18(25)15-9-4-12(2)22-19(15)23)20(26)27-11-17(24)13-5-7-14(21)8-6-13/h4-10H,3,11H2,1-2H3. The average molecular weight is 429 g/mol. The minimum absolute atomic E-state index is 0.112. The normalized spacial score (nSPS) is 10.8. The summed E-state index contributed by atoms with van der Waals surface area (Å²) in [4.78, 5) is 41.6. The molecular formula is C20H17BrN2O4. The molecule has 0 saturated heterocycles. The summed E-state index contributed by atoms with van der Waals surface area (Å²) in [5.74, 6) is -1.17. The van der Waals surface area contributed by atoms with Gasteiger partial charge in [-0.05, 0) is 38.1 Å². The van der Waals surface area contributed by atoms with E-state index >= 15 is 0 Å². The van der Waals surface area contributed by atoms with Crippen molar-refractivity contribution in [3.05, 3.63) is 74.1 Å². The average Bonchev–Trinajstić information content (AvgIpc) is 2.66. The minimum Gasteiger partial charge on any atom is -0.454 e. The Bertz CT molecular complexity index is 1090. The van der Waals surface area contributed by atoms with Crippen LogP contribution in [-0.4, -0.2) is 27.9 Å². The Morgan fingerprint density at radius 3 is 2.52 bits per heavy atom. The first kappa shape index (κ1) is 19.0. The van der Waals surface area contributed by atoms with Gasteiger partial charge in [0.2, 0.25) is 5.43 Å². The van der Waals surface area contributed by atoms with Gasteiger partial charge in [0.15, 0.2) is 12.4 Å². The highest BCUT2D eigenvalue weighted by molar-refractivity contribution is 9.10. The van der Waals surface area contributed by atoms with Gasteiger partial charge >= 0.3 is 5.97 Å². The first-order valence-electron chi connectivity index (χ1n) is 8.37. The fraction of sp³-hybridized carbons (Fsp3) is 0.200. The first-order valence-corrected chi connectivity index (χ1v) is 9.16. The predicted octanol–water partition coefficient (Wildman–Crippen LogP) is 3.53. The summed E-state index contributed by atoms with van der Waals surface area (Å²) in [7, 11) is 0. The monoisotopic (exact) mass is 428 g/mol. The molecule has 7 heteroatoms. The van der Waals surface area contributed by atoms with Gasteiger partial charge in [0.1, 0.15) is 11.2 Å². The van der Waals surface area contributed by atoms with Crippen LogP contribution in [0.25, 0.3) is 11.0 Å². The van der Waals surface area contributed by atoms with Crippen LogP contribution in [0.15, 0.2) is 51.9 Å². The summed E-state index contributed by atoms with van der Waals surface area (Å²) in [5.41, 5.74) is 1.15. The number of carbonyl (C=O) groups excluding carboxylic acids is 2. The van der Waals surface area contributed by atoms with Crippen LogP contribution in [0.2, 0.25) is 0 Å². The number of benzene rings is 1. The highest BCUT2D eigenvalue weighted by Crippen LogP contribution is 2.13. The van der Waals surface area contributed by atoms with Gasteiger partial charge < -0.3 is 9.30 Å². The second-order valence-electron chi connectivity index (χ2n) is 5.99. The number of hydrogen-bond acceptors (Lipinski definition) is 5. The molecule has 0 bridgehead atoms. The molecule has 3 aromatic rings. The number of hydrogen-bond donors (Lipinski definition) is 0. The first-order chi connectivity index (χ1) is 12.9. The Labute approximate surface area is 163 Å². The third-order valence-electron chi connectivity index (χ3n) is 4.12. The second-order valence-corrected chi connectivity index (χ2v) is 6.90. The van der Waals surface area contributed by atoms with E-state index in [2.05, 4.69) is 20.9 Å². The van der Waals surface area contributed by atoms with Crippen LogP contribution < -0.4 is 5.43 Å². The van der Waals surface area contributed by atoms with E-state index in [1.54, 1.807) is 41.0 Å². The fourth-order valence-corrected chi connectivity index (χ4v) is 2.94. The van der Waals surface area contributed by atoms with Crippen molar-refractivity contribution in [2.24, 2.45) is 0 Å². The molecule has 0 aliphatic heterocycles. The van der Waals surface area contributed by atoms with Gasteiger partial charge in [-0.1, -0.05) is 28.1 Å². The highest BCUT2D eigenvalue weighted by Gasteiger charge is 2.18. The molecule has 6 nitrogen and oxygen atoms in total. The van der Waals surface area contributed by atoms with Crippen molar-refractivity contribution in [3.8, 4) is 0 Å². The third-order valence-corrected chi connectivity index (χ3v) is 4.65. The van der Waals surface area contributed by atoms with Crippen LogP contribution in [0.3, 0.4) is 0 Å². The van der Waals surface area contributed by atoms with E-state index in [0.717, 1.165) is 10.2 Å². The smallest absolute Gasteiger partial charge is 0.344 e. The molecular weight excluding hydrogens is 412 g/mol. The second kappa shape index (κ2) is 7.84. The quantitative estimate of drug-likeness (QED) is 0.458. The molecule has 0 aliphatic carbocycles. The molecule has 0 spiro atoms. The number of ketones is 1. The Hall–Kier alpha value is -2.80. The topological polar surface area (TPSA) is 78.3 Å². The van der Waals surface area contributed by atoms with Gasteiger partial charge in [0.05, 0.1) is 5.39 Å². The molecule has 1 aromatic carbocycles. The number of carbonyl (C=O) groups is 2. The lowest BCUT2D eigenvalue weighted by Gasteiger charge is -2.11. The van der Waals surface area contributed by atoms with Gasteiger partial charge in [-0.25, -0.2) is 9.78 Å². The van der Waals surface area contributed by atoms with Crippen LogP contribution in [-0.2, 0) is 11.3 Å². The number of aromatic nitrogens is 2. The maximum absolute atomic E-state index is 12.7. The van der Waals surface area contributed by atoms with Crippen molar-refractivity contribution in [1.29, 1.82) is 0 Å². The van der Waals surface area contributed by atoms with E-state index in [0.29, 0.717) is 23.1 Å². The van der Waals surface area contributed by atoms with E-state index < -0.39 is 18.0 Å². The lowest BCUT2D eigenvalue weighted by molar-refractivity contribution is 0.0473. The molecule has 3 rings (SSSR count). The van der Waals surface area contributed by atoms with Gasteiger partial charge in [0, 0.05) is 28.5 Å². The van der Waals surface area contributed by atoms with Crippen LogP contribution in [0.4, 0.5) is 0 Å². The molecule has 0 unspecified atom stereocenters. The third kappa shape index (κ3) is 3.98. The number of Topliss-reactive ketones (excluding diaryl/α,β-unsaturated/α-hetero) is 1. The maximum atomic E-state index is 12.7. The Balaban J connectivity index is 1.86. The molecule has 0 N–H and O–H groups in total. The number of nitrogens with zero attached hydrogens (tertiary/aromatic N) is 2. The Kier molecular flexibility index (Phi) is 5.51. The fourth-order valence-electron chi connectivity index (χ4n) is 2.67. The molecule has 0 saturated carbocycles. The van der Waals surface area contributed by atoms with E-state index in [1.807, 2.05) is 13.8 Å². The van der Waals surface area contributed by atoms with Gasteiger partial charge in [-0.15, -0.1) is 0 Å². The molecule has 138 valence electrons. The summed E-state index contributed by atoms with van der Waals surface area (Å²) >= 11 is 3.29. The molecule has 27 heavy (non-hydrogen) atoms. The van der Waals surface area contributed by atoms with E-state index in [9.17, 15) is 14.4 Å². The lowest BCUT2D eigenvalue weighted by atomic mass is 10.1. The molecule has 0 aliphatic rings. The number of rotatable bonds is 5. The summed E-state index contributed by atoms with van der Waals surface area (Å²) in [5, 5.41) is 0.344. The van der Waals surface area contributed by atoms with Gasteiger partial charge in [0.25, 0.3) is 0 Å². The van der Waals surface area contributed by atoms with Crippen molar-refractivity contribution in [2.75, 3.05) is 6.61 Å². The summed E-state index contributed by atoms with van der Waals surface area (Å²) < 4.78 is 7.66.